The van der Waals surface area contributed by atoms with Crippen molar-refractivity contribution in [3.05, 3.63) is 35.1 Å². The average Bonchev–Trinajstić information content (AvgIpc) is 3.61. The largest absolute Gasteiger partial charge is 0.497 e. The first-order valence-corrected chi connectivity index (χ1v) is 15.3. The van der Waals surface area contributed by atoms with Crippen LogP contribution < -0.4 is 9.47 Å². The lowest BCUT2D eigenvalue weighted by Crippen LogP contribution is -2.49. The minimum absolute atomic E-state index is 0.0609. The number of ether oxygens (including phenoxy) is 5. The molecule has 42 heavy (non-hydrogen) atoms. The maximum atomic E-state index is 14.0. The lowest BCUT2D eigenvalue weighted by atomic mass is 9.77. The Balaban J connectivity index is 1.46. The zero-order valence-electron chi connectivity index (χ0n) is 25.3. The summed E-state index contributed by atoms with van der Waals surface area (Å²) in [6.45, 7) is 7.44. The van der Waals surface area contributed by atoms with Gasteiger partial charge in [-0.3, -0.25) is 9.69 Å². The second-order valence-corrected chi connectivity index (χ2v) is 12.7. The van der Waals surface area contributed by atoms with Gasteiger partial charge in [-0.2, -0.15) is 0 Å². The summed E-state index contributed by atoms with van der Waals surface area (Å²) in [7, 11) is 1.56. The third-order valence-corrected chi connectivity index (χ3v) is 9.15. The number of methoxy groups -OCH3 is 1. The van der Waals surface area contributed by atoms with E-state index >= 15 is 0 Å². The van der Waals surface area contributed by atoms with E-state index in [9.17, 15) is 19.8 Å². The maximum absolute atomic E-state index is 14.0. The lowest BCUT2D eigenvalue weighted by molar-refractivity contribution is -0.179. The molecule has 0 saturated carbocycles. The fourth-order valence-electron chi connectivity index (χ4n) is 7.02. The third kappa shape index (κ3) is 5.98. The number of fused-ring (bicyclic) bond motifs is 3. The summed E-state index contributed by atoms with van der Waals surface area (Å²) in [5.74, 6) is 0.0271. The predicted molar refractivity (Wildman–Crippen MR) is 153 cm³/mol. The third-order valence-electron chi connectivity index (χ3n) is 9.15. The summed E-state index contributed by atoms with van der Waals surface area (Å²) in [6, 6.07) is 4.02. The number of hydrogen-bond acceptors (Lipinski definition) is 10. The second-order valence-electron chi connectivity index (χ2n) is 12.7. The Bertz CT molecular complexity index is 1210. The highest BCUT2D eigenvalue weighted by molar-refractivity contribution is 5.86. The molecule has 10 heteroatoms. The van der Waals surface area contributed by atoms with E-state index in [4.69, 9.17) is 23.7 Å². The molecule has 0 amide bonds. The molecule has 10 nitrogen and oxygen atoms in total. The molecule has 4 atom stereocenters. The molecular formula is C32H45NO9. The molecular weight excluding hydrogens is 542 g/mol. The number of benzene rings is 1. The molecule has 1 saturated heterocycles. The fourth-order valence-corrected chi connectivity index (χ4v) is 7.02. The van der Waals surface area contributed by atoms with Gasteiger partial charge in [0.2, 0.25) is 6.79 Å². The van der Waals surface area contributed by atoms with Crippen LogP contribution in [0.25, 0.3) is 0 Å². The van der Waals surface area contributed by atoms with Crippen LogP contribution in [-0.2, 0) is 30.2 Å². The van der Waals surface area contributed by atoms with Crippen molar-refractivity contribution < 1.29 is 43.5 Å². The van der Waals surface area contributed by atoms with Crippen molar-refractivity contribution in [2.75, 3.05) is 33.6 Å². The van der Waals surface area contributed by atoms with Gasteiger partial charge in [0.15, 0.2) is 23.2 Å². The molecule has 0 aromatic heterocycles. The van der Waals surface area contributed by atoms with Crippen LogP contribution in [0.2, 0.25) is 0 Å². The molecule has 3 aliphatic heterocycles. The van der Waals surface area contributed by atoms with Crippen molar-refractivity contribution in [3.63, 3.8) is 0 Å². The maximum Gasteiger partial charge on any atom is 0.339 e. The van der Waals surface area contributed by atoms with Crippen LogP contribution in [0.15, 0.2) is 24.0 Å². The monoisotopic (exact) mass is 587 g/mol. The first kappa shape index (κ1) is 30.6. The van der Waals surface area contributed by atoms with E-state index in [1.165, 1.54) is 0 Å². The van der Waals surface area contributed by atoms with Crippen LogP contribution >= 0.6 is 0 Å². The minimum atomic E-state index is -2.12. The normalized spacial score (nSPS) is 25.9. The van der Waals surface area contributed by atoms with Crippen molar-refractivity contribution in [2.24, 2.45) is 0 Å². The fraction of sp³-hybridized carbons (Fsp3) is 0.688. The molecule has 3 heterocycles. The second kappa shape index (κ2) is 12.1. The number of esters is 2. The number of aliphatic hydroxyl groups is 2. The highest BCUT2D eigenvalue weighted by Crippen LogP contribution is 2.55. The zero-order valence-corrected chi connectivity index (χ0v) is 25.3. The molecule has 5 rings (SSSR count). The van der Waals surface area contributed by atoms with Gasteiger partial charge in [-0.25, -0.2) is 4.79 Å². The van der Waals surface area contributed by atoms with Gasteiger partial charge in [0, 0.05) is 6.54 Å². The molecule has 1 aliphatic carbocycles. The first-order chi connectivity index (χ1) is 20.0. The highest BCUT2D eigenvalue weighted by atomic mass is 16.7. The highest BCUT2D eigenvalue weighted by Gasteiger charge is 2.59. The molecule has 232 valence electrons. The molecule has 0 bridgehead atoms. The Morgan fingerprint density at radius 3 is 2.60 bits per heavy atom. The van der Waals surface area contributed by atoms with E-state index in [2.05, 4.69) is 11.0 Å². The molecule has 1 aromatic carbocycles. The van der Waals surface area contributed by atoms with Gasteiger partial charge in [-0.15, -0.1) is 0 Å². The van der Waals surface area contributed by atoms with Gasteiger partial charge in [-0.05, 0) is 94.7 Å². The summed E-state index contributed by atoms with van der Waals surface area (Å²) in [4.78, 5) is 29.2. The summed E-state index contributed by atoms with van der Waals surface area (Å²) < 4.78 is 28.8. The number of carbonyl (C=O) groups is 2. The SMILES string of the molecule is CCCCOC(=O)CC(O)(CCCC(C)(C)O)C(=O)OC1C(OC)=C[C@]23CCCN2CCc2cc4c(cc2[C@H]13)OCO4. The number of unbranched alkanes of at least 4 members (excludes halogenated alkanes) is 1. The Morgan fingerprint density at radius 1 is 1.12 bits per heavy atom. The first-order valence-electron chi connectivity index (χ1n) is 15.3. The molecule has 1 aromatic rings. The molecule has 0 radical (unpaired) electrons. The van der Waals surface area contributed by atoms with Crippen LogP contribution in [0.5, 0.6) is 11.5 Å². The van der Waals surface area contributed by atoms with Gasteiger partial charge in [0.1, 0.15) is 5.76 Å². The molecule has 1 spiro atoms. The van der Waals surface area contributed by atoms with Gasteiger partial charge < -0.3 is 33.9 Å². The van der Waals surface area contributed by atoms with E-state index in [1.807, 2.05) is 19.1 Å². The topological polar surface area (TPSA) is 124 Å². The van der Waals surface area contributed by atoms with Gasteiger partial charge >= 0.3 is 11.9 Å². The van der Waals surface area contributed by atoms with Crippen molar-refractivity contribution >= 4 is 11.9 Å². The van der Waals surface area contributed by atoms with Crippen molar-refractivity contribution in [2.45, 2.75) is 107 Å². The minimum Gasteiger partial charge on any atom is -0.497 e. The van der Waals surface area contributed by atoms with Crippen LogP contribution in [0.1, 0.15) is 89.2 Å². The quantitative estimate of drug-likeness (QED) is 0.276. The summed E-state index contributed by atoms with van der Waals surface area (Å²) >= 11 is 0. The molecule has 2 unspecified atom stereocenters. The summed E-state index contributed by atoms with van der Waals surface area (Å²) in [5.41, 5.74) is -1.42. The van der Waals surface area contributed by atoms with Gasteiger partial charge in [-0.1, -0.05) is 13.3 Å². The van der Waals surface area contributed by atoms with Crippen molar-refractivity contribution in [1.82, 2.24) is 4.90 Å². The number of rotatable bonds is 12. The number of nitrogens with zero attached hydrogens (tertiary/aromatic N) is 1. The van der Waals surface area contributed by atoms with Crippen LogP contribution in [0.4, 0.5) is 0 Å². The van der Waals surface area contributed by atoms with E-state index in [1.54, 1.807) is 21.0 Å². The lowest BCUT2D eigenvalue weighted by Gasteiger charge is -2.39. The average molecular weight is 588 g/mol. The number of carbonyl (C=O) groups excluding carboxylic acids is 2. The summed E-state index contributed by atoms with van der Waals surface area (Å²) in [5, 5.41) is 22.0. The smallest absolute Gasteiger partial charge is 0.339 e. The predicted octanol–water partition coefficient (Wildman–Crippen LogP) is 3.75. The van der Waals surface area contributed by atoms with Crippen molar-refractivity contribution in [1.29, 1.82) is 0 Å². The van der Waals surface area contributed by atoms with Crippen molar-refractivity contribution in [3.8, 4) is 11.5 Å². The zero-order chi connectivity index (χ0) is 30.1. The Labute approximate surface area is 247 Å². The Hall–Kier alpha value is -2.82. The Kier molecular flexibility index (Phi) is 8.79. The standard InChI is InChI=1S/C32H45NO9/c1-5-6-15-39-26(34)19-32(37,12-7-10-30(2,3)36)29(35)42-28-25(38-4)18-31-11-8-13-33(31)14-9-21-16-23-24(41-20-40-23)17-22(21)27(28)31/h16-18,27-28,36-37H,5-15,19-20H2,1-4H3/t27-,28?,31+,32?/m1/s1. The summed E-state index contributed by atoms with van der Waals surface area (Å²) in [6.07, 6.45) is 5.53. The van der Waals surface area contributed by atoms with E-state index in [-0.39, 0.29) is 25.7 Å². The Morgan fingerprint density at radius 2 is 1.88 bits per heavy atom. The van der Waals surface area contributed by atoms with Crippen LogP contribution in [0.3, 0.4) is 0 Å². The van der Waals surface area contributed by atoms with Gasteiger partial charge in [0.25, 0.3) is 0 Å². The van der Waals surface area contributed by atoms with Crippen LogP contribution in [0, 0.1) is 0 Å². The molecule has 4 aliphatic rings. The van der Waals surface area contributed by atoms with Gasteiger partial charge in [0.05, 0.1) is 37.2 Å². The van der Waals surface area contributed by atoms with Crippen LogP contribution in [-0.4, -0.2) is 83.5 Å². The van der Waals surface area contributed by atoms with E-state index in [0.29, 0.717) is 36.5 Å². The molecule has 1 fully saturated rings. The molecule has 2 N–H and O–H groups in total. The van der Waals surface area contributed by atoms with E-state index < -0.39 is 41.2 Å². The van der Waals surface area contributed by atoms with E-state index in [0.717, 1.165) is 49.9 Å². The number of hydrogen-bond donors (Lipinski definition) is 2.